The largest absolute Gasteiger partial charge is 0.496 e. The van der Waals surface area contributed by atoms with Gasteiger partial charge in [0.2, 0.25) is 0 Å². The molecule has 0 saturated carbocycles. The molecule has 0 radical (unpaired) electrons. The van der Waals surface area contributed by atoms with E-state index in [1.165, 1.54) is 4.68 Å². The summed E-state index contributed by atoms with van der Waals surface area (Å²) < 4.78 is 9.01. The molecule has 3 aromatic rings. The van der Waals surface area contributed by atoms with Crippen molar-refractivity contribution in [3.63, 3.8) is 0 Å². The van der Waals surface area contributed by atoms with E-state index in [9.17, 15) is 4.79 Å². The molecule has 6 nitrogen and oxygen atoms in total. The van der Waals surface area contributed by atoms with E-state index in [2.05, 4.69) is 36.5 Å². The molecule has 1 atom stereocenters. The topological polar surface area (TPSA) is 61.9 Å². The molecule has 2 aromatic heterocycles. The number of benzene rings is 1. The number of methoxy groups -OCH3 is 1. The van der Waals surface area contributed by atoms with E-state index in [4.69, 9.17) is 9.72 Å². The SMILES string of the molecule is CCCC(C)n1c(CC)nc2c(-c3cc(C)c(OC)cc3C)nn(C)c(=O)c21. The average Bonchev–Trinajstić information content (AvgIpc) is 3.06. The molecular formula is C22H30N4O2. The van der Waals surface area contributed by atoms with E-state index in [0.717, 1.165) is 53.2 Å². The van der Waals surface area contributed by atoms with Gasteiger partial charge in [-0.15, -0.1) is 0 Å². The molecule has 28 heavy (non-hydrogen) atoms. The lowest BCUT2D eigenvalue weighted by Crippen LogP contribution is -2.24. The van der Waals surface area contributed by atoms with E-state index in [-0.39, 0.29) is 11.6 Å². The third-order valence-electron chi connectivity index (χ3n) is 5.42. The van der Waals surface area contributed by atoms with Crippen molar-refractivity contribution in [2.45, 2.75) is 59.9 Å². The number of nitrogens with zero attached hydrogens (tertiary/aromatic N) is 4. The number of imidazole rings is 1. The van der Waals surface area contributed by atoms with Crippen LogP contribution in [0.4, 0.5) is 0 Å². The predicted molar refractivity (Wildman–Crippen MR) is 113 cm³/mol. The summed E-state index contributed by atoms with van der Waals surface area (Å²) in [4.78, 5) is 17.9. The van der Waals surface area contributed by atoms with E-state index in [1.54, 1.807) is 14.2 Å². The van der Waals surface area contributed by atoms with E-state index >= 15 is 0 Å². The van der Waals surface area contributed by atoms with Gasteiger partial charge in [-0.05, 0) is 50.5 Å². The van der Waals surface area contributed by atoms with Gasteiger partial charge >= 0.3 is 0 Å². The van der Waals surface area contributed by atoms with Crippen LogP contribution in [0.5, 0.6) is 5.75 Å². The minimum atomic E-state index is -0.100. The van der Waals surface area contributed by atoms with Crippen LogP contribution in [-0.4, -0.2) is 26.4 Å². The molecule has 0 amide bonds. The van der Waals surface area contributed by atoms with Crippen molar-refractivity contribution in [1.29, 1.82) is 0 Å². The smallest absolute Gasteiger partial charge is 0.292 e. The summed E-state index contributed by atoms with van der Waals surface area (Å²) in [5, 5.41) is 4.61. The molecular weight excluding hydrogens is 352 g/mol. The molecule has 0 bridgehead atoms. The van der Waals surface area contributed by atoms with E-state index in [0.29, 0.717) is 11.0 Å². The van der Waals surface area contributed by atoms with Gasteiger partial charge in [0.15, 0.2) is 0 Å². The number of aryl methyl sites for hydroxylation is 4. The molecule has 1 aromatic carbocycles. The van der Waals surface area contributed by atoms with Crippen LogP contribution in [0.3, 0.4) is 0 Å². The second kappa shape index (κ2) is 7.78. The number of rotatable bonds is 6. The Bertz CT molecular complexity index is 1080. The summed E-state index contributed by atoms with van der Waals surface area (Å²) in [5.74, 6) is 1.78. The number of fused-ring (bicyclic) bond motifs is 1. The third-order valence-corrected chi connectivity index (χ3v) is 5.42. The van der Waals surface area contributed by atoms with Crippen molar-refractivity contribution >= 4 is 11.0 Å². The number of ether oxygens (including phenoxy) is 1. The van der Waals surface area contributed by atoms with Crippen LogP contribution in [0.25, 0.3) is 22.3 Å². The number of hydrogen-bond acceptors (Lipinski definition) is 4. The Morgan fingerprint density at radius 2 is 1.89 bits per heavy atom. The van der Waals surface area contributed by atoms with Gasteiger partial charge in [0, 0.05) is 25.1 Å². The molecule has 6 heteroatoms. The maximum absolute atomic E-state index is 13.0. The quantitative estimate of drug-likeness (QED) is 0.636. The predicted octanol–water partition coefficient (Wildman–Crippen LogP) is 4.35. The summed E-state index contributed by atoms with van der Waals surface area (Å²) >= 11 is 0. The molecule has 0 aliphatic heterocycles. The minimum Gasteiger partial charge on any atom is -0.496 e. The summed E-state index contributed by atoms with van der Waals surface area (Å²) in [6.07, 6.45) is 2.82. The van der Waals surface area contributed by atoms with Crippen LogP contribution < -0.4 is 10.3 Å². The van der Waals surface area contributed by atoms with Crippen LogP contribution in [-0.2, 0) is 13.5 Å². The third kappa shape index (κ3) is 3.21. The van der Waals surface area contributed by atoms with Crippen molar-refractivity contribution in [3.05, 3.63) is 39.4 Å². The molecule has 3 rings (SSSR count). The van der Waals surface area contributed by atoms with Crippen LogP contribution in [0.2, 0.25) is 0 Å². The molecule has 150 valence electrons. The fourth-order valence-electron chi connectivity index (χ4n) is 3.96. The lowest BCUT2D eigenvalue weighted by Gasteiger charge is -2.16. The first-order valence-electron chi connectivity index (χ1n) is 9.97. The van der Waals surface area contributed by atoms with Gasteiger partial charge in [-0.25, -0.2) is 9.67 Å². The lowest BCUT2D eigenvalue weighted by atomic mass is 10.0. The standard InChI is InChI=1S/C22H30N4O2/c1-8-10-15(5)26-18(9-2)23-20-19(24-25(6)22(27)21(20)26)16-11-14(4)17(28-7)12-13(16)3/h11-12,15H,8-10H2,1-7H3. The van der Waals surface area contributed by atoms with Crippen LogP contribution in [0.15, 0.2) is 16.9 Å². The van der Waals surface area contributed by atoms with Crippen LogP contribution in [0.1, 0.15) is 56.6 Å². The highest BCUT2D eigenvalue weighted by molar-refractivity contribution is 5.90. The highest BCUT2D eigenvalue weighted by atomic mass is 16.5. The van der Waals surface area contributed by atoms with Crippen molar-refractivity contribution in [2.24, 2.45) is 7.05 Å². The zero-order chi connectivity index (χ0) is 20.6. The Morgan fingerprint density at radius 3 is 2.50 bits per heavy atom. The first-order chi connectivity index (χ1) is 13.3. The van der Waals surface area contributed by atoms with E-state index in [1.807, 2.05) is 19.9 Å². The number of hydrogen-bond donors (Lipinski definition) is 0. The first-order valence-corrected chi connectivity index (χ1v) is 9.97. The van der Waals surface area contributed by atoms with Crippen molar-refractivity contribution in [3.8, 4) is 17.0 Å². The number of aromatic nitrogens is 4. The Balaban J connectivity index is 2.39. The molecule has 0 aliphatic rings. The molecule has 2 heterocycles. The zero-order valence-electron chi connectivity index (χ0n) is 18.0. The Morgan fingerprint density at radius 1 is 1.18 bits per heavy atom. The van der Waals surface area contributed by atoms with Gasteiger partial charge in [0.05, 0.1) is 7.11 Å². The minimum absolute atomic E-state index is 0.100. The maximum atomic E-state index is 13.0. The molecule has 1 unspecified atom stereocenters. The Labute approximate surface area is 166 Å². The van der Waals surface area contributed by atoms with Crippen LogP contribution in [0, 0.1) is 13.8 Å². The van der Waals surface area contributed by atoms with Gasteiger partial charge in [0.1, 0.15) is 28.3 Å². The summed E-state index contributed by atoms with van der Waals surface area (Å²) in [7, 11) is 3.39. The van der Waals surface area contributed by atoms with Gasteiger partial charge < -0.3 is 9.30 Å². The summed E-state index contributed by atoms with van der Waals surface area (Å²) in [6, 6.07) is 4.30. The molecule has 0 spiro atoms. The van der Waals surface area contributed by atoms with Gasteiger partial charge in [-0.2, -0.15) is 5.10 Å². The highest BCUT2D eigenvalue weighted by Crippen LogP contribution is 2.33. The normalized spacial score (nSPS) is 12.5. The Hall–Kier alpha value is -2.63. The Kier molecular flexibility index (Phi) is 5.59. The monoisotopic (exact) mass is 382 g/mol. The average molecular weight is 383 g/mol. The lowest BCUT2D eigenvalue weighted by molar-refractivity contribution is 0.411. The molecule has 0 saturated heterocycles. The van der Waals surface area contributed by atoms with Crippen LogP contribution >= 0.6 is 0 Å². The van der Waals surface area contributed by atoms with Crippen molar-refractivity contribution in [1.82, 2.24) is 19.3 Å². The maximum Gasteiger partial charge on any atom is 0.292 e. The molecule has 0 aliphatic carbocycles. The first kappa shape index (κ1) is 20.1. The highest BCUT2D eigenvalue weighted by Gasteiger charge is 2.23. The second-order valence-corrected chi connectivity index (χ2v) is 7.50. The summed E-state index contributed by atoms with van der Waals surface area (Å²) in [6.45, 7) is 10.5. The van der Waals surface area contributed by atoms with Crippen molar-refractivity contribution in [2.75, 3.05) is 7.11 Å². The van der Waals surface area contributed by atoms with Gasteiger partial charge in [0.25, 0.3) is 5.56 Å². The van der Waals surface area contributed by atoms with Gasteiger partial charge in [-0.3, -0.25) is 4.79 Å². The van der Waals surface area contributed by atoms with Gasteiger partial charge in [-0.1, -0.05) is 20.3 Å². The summed E-state index contributed by atoms with van der Waals surface area (Å²) in [5.41, 5.74) is 5.04. The fourth-order valence-corrected chi connectivity index (χ4v) is 3.96. The van der Waals surface area contributed by atoms with Crippen molar-refractivity contribution < 1.29 is 4.74 Å². The molecule has 0 N–H and O–H groups in total. The van der Waals surface area contributed by atoms with E-state index < -0.39 is 0 Å². The zero-order valence-corrected chi connectivity index (χ0v) is 18.0. The fraction of sp³-hybridized carbons (Fsp3) is 0.500. The second-order valence-electron chi connectivity index (χ2n) is 7.50. The molecule has 0 fully saturated rings.